The van der Waals surface area contributed by atoms with E-state index in [-0.39, 0.29) is 24.3 Å². The van der Waals surface area contributed by atoms with Gasteiger partial charge in [-0.15, -0.1) is 0 Å². The number of carbonyl (C=O) groups is 1. The highest BCUT2D eigenvalue weighted by Crippen LogP contribution is 2.24. The second kappa shape index (κ2) is 5.85. The molecule has 1 aromatic rings. The predicted molar refractivity (Wildman–Crippen MR) is 65.2 cm³/mol. The Balaban J connectivity index is 1.87. The fourth-order valence-corrected chi connectivity index (χ4v) is 1.94. The van der Waals surface area contributed by atoms with Gasteiger partial charge in [0, 0.05) is 25.0 Å². The molecule has 1 aliphatic carbocycles. The summed E-state index contributed by atoms with van der Waals surface area (Å²) in [4.78, 5) is 21.3. The fourth-order valence-electron chi connectivity index (χ4n) is 1.94. The van der Waals surface area contributed by atoms with Crippen molar-refractivity contribution in [2.45, 2.75) is 31.2 Å². The van der Waals surface area contributed by atoms with E-state index in [1.807, 2.05) is 0 Å². The van der Waals surface area contributed by atoms with Crippen LogP contribution in [0.25, 0.3) is 0 Å². The Morgan fingerprint density at radius 1 is 1.20 bits per heavy atom. The van der Waals surface area contributed by atoms with Crippen LogP contribution in [0.15, 0.2) is 24.3 Å². The largest absolute Gasteiger partial charge is 0.514 e. The van der Waals surface area contributed by atoms with Crippen LogP contribution in [0.1, 0.15) is 12.8 Å². The van der Waals surface area contributed by atoms with Gasteiger partial charge in [-0.05, 0) is 12.1 Å². The summed E-state index contributed by atoms with van der Waals surface area (Å²) in [6.45, 7) is 0. The number of hydrogen-bond acceptors (Lipinski definition) is 7. The first kappa shape index (κ1) is 14.2. The van der Waals surface area contributed by atoms with Crippen LogP contribution in [0.3, 0.4) is 0 Å². The number of aliphatic hydroxyl groups is 2. The minimum absolute atomic E-state index is 0.111. The zero-order chi connectivity index (χ0) is 14.7. The van der Waals surface area contributed by atoms with E-state index < -0.39 is 29.4 Å². The molecular formula is C12H13NO7. The monoisotopic (exact) mass is 283 g/mol. The molecule has 2 rings (SSSR count). The first-order valence-corrected chi connectivity index (χ1v) is 5.95. The number of rotatable bonds is 3. The van der Waals surface area contributed by atoms with Crippen molar-refractivity contribution in [2.24, 2.45) is 0 Å². The highest BCUT2D eigenvalue weighted by atomic mass is 16.7. The van der Waals surface area contributed by atoms with Gasteiger partial charge in [0.25, 0.3) is 5.69 Å². The first-order chi connectivity index (χ1) is 9.45. The highest BCUT2D eigenvalue weighted by Gasteiger charge is 2.34. The number of nitrogens with zero attached hydrogens (tertiary/aromatic N) is 1. The van der Waals surface area contributed by atoms with E-state index in [0.717, 1.165) is 0 Å². The number of hydrogen-bond donors (Lipinski definition) is 2. The number of benzene rings is 1. The molecule has 20 heavy (non-hydrogen) atoms. The summed E-state index contributed by atoms with van der Waals surface area (Å²) in [5, 5.41) is 29.1. The van der Waals surface area contributed by atoms with Crippen LogP contribution in [0, 0.1) is 10.1 Å². The van der Waals surface area contributed by atoms with E-state index in [4.69, 9.17) is 9.47 Å². The smallest absolute Gasteiger partial charge is 0.430 e. The molecule has 0 heterocycles. The minimum atomic E-state index is -0.981. The lowest BCUT2D eigenvalue weighted by molar-refractivity contribution is -0.384. The molecule has 2 N–H and O–H groups in total. The molecule has 0 unspecified atom stereocenters. The van der Waals surface area contributed by atoms with Crippen molar-refractivity contribution in [3.05, 3.63) is 34.4 Å². The van der Waals surface area contributed by atoms with Gasteiger partial charge >= 0.3 is 6.16 Å². The fraction of sp³-hybridized carbons (Fsp3) is 0.417. The maximum absolute atomic E-state index is 11.5. The van der Waals surface area contributed by atoms with Crippen LogP contribution >= 0.6 is 0 Å². The summed E-state index contributed by atoms with van der Waals surface area (Å²) in [5.41, 5.74) is -0.118. The second-order valence-corrected chi connectivity index (χ2v) is 4.45. The second-order valence-electron chi connectivity index (χ2n) is 4.45. The van der Waals surface area contributed by atoms with Gasteiger partial charge < -0.3 is 19.7 Å². The van der Waals surface area contributed by atoms with Crippen molar-refractivity contribution in [3.8, 4) is 5.75 Å². The summed E-state index contributed by atoms with van der Waals surface area (Å²) >= 11 is 0. The van der Waals surface area contributed by atoms with Gasteiger partial charge in [0.05, 0.1) is 17.1 Å². The van der Waals surface area contributed by atoms with E-state index in [2.05, 4.69) is 0 Å². The molecule has 0 amide bonds. The lowest BCUT2D eigenvalue weighted by atomic mass is 10.3. The van der Waals surface area contributed by atoms with Crippen LogP contribution in [0.5, 0.6) is 5.75 Å². The molecule has 0 spiro atoms. The topological polar surface area (TPSA) is 119 Å². The van der Waals surface area contributed by atoms with Crippen molar-refractivity contribution in [1.29, 1.82) is 0 Å². The highest BCUT2D eigenvalue weighted by molar-refractivity contribution is 5.64. The summed E-state index contributed by atoms with van der Waals surface area (Å²) in [6, 6.07) is 4.95. The molecule has 8 heteroatoms. The van der Waals surface area contributed by atoms with E-state index in [0.29, 0.717) is 0 Å². The van der Waals surface area contributed by atoms with E-state index in [1.165, 1.54) is 24.3 Å². The normalized spacial score (nSPS) is 25.2. The Bertz CT molecular complexity index is 491. The van der Waals surface area contributed by atoms with Gasteiger partial charge in [-0.1, -0.05) is 0 Å². The van der Waals surface area contributed by atoms with Crippen LogP contribution < -0.4 is 4.74 Å². The van der Waals surface area contributed by atoms with E-state index in [9.17, 15) is 25.1 Å². The molecule has 8 nitrogen and oxygen atoms in total. The minimum Gasteiger partial charge on any atom is -0.430 e. The van der Waals surface area contributed by atoms with Crippen molar-refractivity contribution in [3.63, 3.8) is 0 Å². The van der Waals surface area contributed by atoms with Crippen LogP contribution in [-0.2, 0) is 4.74 Å². The first-order valence-electron chi connectivity index (χ1n) is 5.95. The molecule has 1 aromatic carbocycles. The van der Waals surface area contributed by atoms with Crippen molar-refractivity contribution in [1.82, 2.24) is 0 Å². The van der Waals surface area contributed by atoms with E-state index >= 15 is 0 Å². The average Bonchev–Trinajstić information content (AvgIpc) is 2.68. The number of aliphatic hydroxyl groups excluding tert-OH is 2. The van der Waals surface area contributed by atoms with Crippen molar-refractivity contribution >= 4 is 11.8 Å². The van der Waals surface area contributed by atoms with Crippen LogP contribution in [0.4, 0.5) is 10.5 Å². The molecule has 108 valence electrons. The summed E-state index contributed by atoms with van der Waals surface area (Å²) in [5.74, 6) is 0.111. The average molecular weight is 283 g/mol. The Morgan fingerprint density at radius 3 is 2.25 bits per heavy atom. The molecule has 0 aliphatic heterocycles. The third kappa shape index (κ3) is 3.43. The SMILES string of the molecule is O=C(Oc1ccc([N+](=O)[O-])cc1)O[C@@H]1C[C@@H](O)[C@@H](O)C1. The third-order valence-electron chi connectivity index (χ3n) is 2.96. The van der Waals surface area contributed by atoms with Gasteiger partial charge in [0.1, 0.15) is 11.9 Å². The zero-order valence-electron chi connectivity index (χ0n) is 10.3. The number of carbonyl (C=O) groups excluding carboxylic acids is 1. The Kier molecular flexibility index (Phi) is 4.16. The lowest BCUT2D eigenvalue weighted by Gasteiger charge is -2.11. The molecule has 0 aromatic heterocycles. The van der Waals surface area contributed by atoms with Crippen molar-refractivity contribution in [2.75, 3.05) is 0 Å². The van der Waals surface area contributed by atoms with Gasteiger partial charge in [0.2, 0.25) is 0 Å². The molecule has 1 aliphatic rings. The third-order valence-corrected chi connectivity index (χ3v) is 2.96. The van der Waals surface area contributed by atoms with Crippen LogP contribution in [-0.4, -0.2) is 39.6 Å². The molecule has 3 atom stereocenters. The number of nitro groups is 1. The summed E-state index contributed by atoms with van der Waals surface area (Å²) < 4.78 is 9.75. The Labute approximate surface area is 113 Å². The number of ether oxygens (including phenoxy) is 2. The maximum atomic E-state index is 11.5. The van der Waals surface area contributed by atoms with Gasteiger partial charge in [-0.3, -0.25) is 10.1 Å². The Hall–Kier alpha value is -2.19. The zero-order valence-corrected chi connectivity index (χ0v) is 10.3. The molecule has 0 radical (unpaired) electrons. The number of nitro benzene ring substituents is 1. The maximum Gasteiger partial charge on any atom is 0.514 e. The predicted octanol–water partition coefficient (Wildman–Crippen LogP) is 0.994. The lowest BCUT2D eigenvalue weighted by Crippen LogP contribution is -2.19. The molecular weight excluding hydrogens is 270 g/mol. The summed E-state index contributed by atoms with van der Waals surface area (Å²) in [6.07, 6.45) is -3.11. The molecule has 0 saturated heterocycles. The Morgan fingerprint density at radius 2 is 1.75 bits per heavy atom. The van der Waals surface area contributed by atoms with Gasteiger partial charge in [0.15, 0.2) is 0 Å². The quantitative estimate of drug-likeness (QED) is 0.367. The van der Waals surface area contributed by atoms with Crippen LogP contribution in [0.2, 0.25) is 0 Å². The number of non-ortho nitro benzene ring substituents is 1. The molecule has 1 fully saturated rings. The summed E-state index contributed by atoms with van der Waals surface area (Å²) in [7, 11) is 0. The van der Waals surface area contributed by atoms with E-state index in [1.54, 1.807) is 0 Å². The van der Waals surface area contributed by atoms with Crippen molar-refractivity contribution < 1.29 is 29.4 Å². The standard InChI is InChI=1S/C12H13NO7/c14-10-5-9(6-11(10)15)20-12(16)19-8-3-1-7(2-4-8)13(17)18/h1-4,9-11,14-15H,5-6H2/t9-,10-,11+. The van der Waals surface area contributed by atoms with Gasteiger partial charge in [-0.25, -0.2) is 4.79 Å². The molecule has 1 saturated carbocycles. The molecule has 0 bridgehead atoms. The van der Waals surface area contributed by atoms with Gasteiger partial charge in [-0.2, -0.15) is 0 Å².